The van der Waals surface area contributed by atoms with Gasteiger partial charge in [-0.2, -0.15) is 0 Å². The average molecular weight is 278 g/mol. The summed E-state index contributed by atoms with van der Waals surface area (Å²) in [6.45, 7) is 0. The van der Waals surface area contributed by atoms with Gasteiger partial charge in [-0.05, 0) is 25.0 Å². The van der Waals surface area contributed by atoms with Crippen molar-refractivity contribution in [3.05, 3.63) is 18.2 Å². The van der Waals surface area contributed by atoms with Crippen molar-refractivity contribution in [2.45, 2.75) is 31.7 Å². The van der Waals surface area contributed by atoms with Gasteiger partial charge in [0.25, 0.3) is 0 Å². The summed E-state index contributed by atoms with van der Waals surface area (Å²) in [5.41, 5.74) is 6.73. The lowest BCUT2D eigenvalue weighted by atomic mass is 9.84. The lowest BCUT2D eigenvalue weighted by Crippen LogP contribution is -2.40. The van der Waals surface area contributed by atoms with Crippen LogP contribution in [0.2, 0.25) is 0 Å². The number of hydrogen-bond donors (Lipinski definition) is 2. The molecule has 5 heteroatoms. The highest BCUT2D eigenvalue weighted by Crippen LogP contribution is 2.30. The molecule has 2 unspecified atom stereocenters. The molecule has 0 aromatic heterocycles. The first-order valence-electron chi connectivity index (χ1n) is 6.94. The van der Waals surface area contributed by atoms with Gasteiger partial charge in [-0.3, -0.25) is 4.79 Å². The van der Waals surface area contributed by atoms with Crippen LogP contribution < -0.4 is 20.5 Å². The molecule has 0 saturated heterocycles. The highest BCUT2D eigenvalue weighted by Gasteiger charge is 2.28. The number of amides is 1. The number of benzene rings is 1. The number of hydrogen-bond acceptors (Lipinski definition) is 4. The van der Waals surface area contributed by atoms with Crippen LogP contribution in [-0.2, 0) is 4.79 Å². The van der Waals surface area contributed by atoms with Crippen LogP contribution in [0.4, 0.5) is 5.69 Å². The van der Waals surface area contributed by atoms with E-state index in [0.29, 0.717) is 17.2 Å². The van der Waals surface area contributed by atoms with Crippen molar-refractivity contribution in [1.29, 1.82) is 0 Å². The second-order valence-corrected chi connectivity index (χ2v) is 5.11. The molecule has 2 atom stereocenters. The highest BCUT2D eigenvalue weighted by atomic mass is 16.5. The quantitative estimate of drug-likeness (QED) is 0.885. The normalized spacial score (nSPS) is 22.1. The molecule has 1 fully saturated rings. The molecule has 0 radical (unpaired) electrons. The van der Waals surface area contributed by atoms with E-state index in [2.05, 4.69) is 5.32 Å². The molecular weight excluding hydrogens is 256 g/mol. The van der Waals surface area contributed by atoms with Crippen LogP contribution >= 0.6 is 0 Å². The molecule has 5 nitrogen and oxygen atoms in total. The largest absolute Gasteiger partial charge is 0.493 e. The van der Waals surface area contributed by atoms with Crippen molar-refractivity contribution in [1.82, 2.24) is 0 Å². The SMILES string of the molecule is COc1ccc(NC(=O)C2CCCCC2N)cc1OC. The molecule has 110 valence electrons. The minimum atomic E-state index is -0.100. The van der Waals surface area contributed by atoms with E-state index in [4.69, 9.17) is 15.2 Å². The van der Waals surface area contributed by atoms with Gasteiger partial charge < -0.3 is 20.5 Å². The van der Waals surface area contributed by atoms with E-state index in [1.807, 2.05) is 0 Å². The second-order valence-electron chi connectivity index (χ2n) is 5.11. The van der Waals surface area contributed by atoms with Gasteiger partial charge >= 0.3 is 0 Å². The molecule has 20 heavy (non-hydrogen) atoms. The zero-order chi connectivity index (χ0) is 14.5. The van der Waals surface area contributed by atoms with E-state index in [9.17, 15) is 4.79 Å². The van der Waals surface area contributed by atoms with E-state index in [0.717, 1.165) is 25.7 Å². The van der Waals surface area contributed by atoms with Crippen LogP contribution in [-0.4, -0.2) is 26.2 Å². The minimum Gasteiger partial charge on any atom is -0.493 e. The van der Waals surface area contributed by atoms with E-state index < -0.39 is 0 Å². The molecule has 0 bridgehead atoms. The zero-order valence-electron chi connectivity index (χ0n) is 12.0. The fourth-order valence-electron chi connectivity index (χ4n) is 2.63. The molecule has 1 aromatic carbocycles. The monoisotopic (exact) mass is 278 g/mol. The minimum absolute atomic E-state index is 0.00980. The Morgan fingerprint density at radius 2 is 1.90 bits per heavy atom. The molecule has 1 amide bonds. The number of ether oxygens (including phenoxy) is 2. The third-order valence-corrected chi connectivity index (χ3v) is 3.81. The van der Waals surface area contributed by atoms with Gasteiger partial charge in [0.1, 0.15) is 0 Å². The maximum atomic E-state index is 12.3. The maximum absolute atomic E-state index is 12.3. The number of carbonyl (C=O) groups is 1. The van der Waals surface area contributed by atoms with E-state index in [1.165, 1.54) is 0 Å². The Balaban J connectivity index is 2.07. The summed E-state index contributed by atoms with van der Waals surface area (Å²) >= 11 is 0. The molecule has 1 aliphatic carbocycles. The Hall–Kier alpha value is -1.75. The molecule has 0 aliphatic heterocycles. The number of nitrogens with one attached hydrogen (secondary N) is 1. The van der Waals surface area contributed by atoms with Gasteiger partial charge in [-0.1, -0.05) is 12.8 Å². The van der Waals surface area contributed by atoms with Crippen molar-refractivity contribution in [3.8, 4) is 11.5 Å². The molecule has 3 N–H and O–H groups in total. The zero-order valence-corrected chi connectivity index (χ0v) is 12.0. The van der Waals surface area contributed by atoms with Crippen LogP contribution in [0.25, 0.3) is 0 Å². The van der Waals surface area contributed by atoms with Crippen LogP contribution in [0.5, 0.6) is 11.5 Å². The molecule has 0 spiro atoms. The summed E-state index contributed by atoms with van der Waals surface area (Å²) in [4.78, 5) is 12.3. The van der Waals surface area contributed by atoms with Crippen LogP contribution in [0.15, 0.2) is 18.2 Å². The predicted octanol–water partition coefficient (Wildman–Crippen LogP) is 2.16. The number of nitrogens with two attached hydrogens (primary N) is 1. The number of methoxy groups -OCH3 is 2. The average Bonchev–Trinajstić information content (AvgIpc) is 2.47. The number of anilines is 1. The molecule has 0 heterocycles. The topological polar surface area (TPSA) is 73.6 Å². The van der Waals surface area contributed by atoms with Crippen LogP contribution in [0, 0.1) is 5.92 Å². The Kier molecular flexibility index (Phi) is 4.84. The van der Waals surface area contributed by atoms with Gasteiger partial charge in [-0.25, -0.2) is 0 Å². The summed E-state index contributed by atoms with van der Waals surface area (Å²) in [6.07, 6.45) is 3.96. The Labute approximate surface area is 119 Å². The van der Waals surface area contributed by atoms with Crippen molar-refractivity contribution in [2.24, 2.45) is 11.7 Å². The molecule has 1 saturated carbocycles. The fraction of sp³-hybridized carbons (Fsp3) is 0.533. The summed E-state index contributed by atoms with van der Waals surface area (Å²) in [5, 5.41) is 2.91. The smallest absolute Gasteiger partial charge is 0.229 e. The Bertz CT molecular complexity index is 476. The predicted molar refractivity (Wildman–Crippen MR) is 78.1 cm³/mol. The summed E-state index contributed by atoms with van der Waals surface area (Å²) < 4.78 is 10.4. The third-order valence-electron chi connectivity index (χ3n) is 3.81. The maximum Gasteiger partial charge on any atom is 0.229 e. The van der Waals surface area contributed by atoms with E-state index in [-0.39, 0.29) is 17.9 Å². The molecule has 1 aromatic rings. The lowest BCUT2D eigenvalue weighted by molar-refractivity contribution is -0.121. The first-order chi connectivity index (χ1) is 9.65. The van der Waals surface area contributed by atoms with Crippen LogP contribution in [0.3, 0.4) is 0 Å². The van der Waals surface area contributed by atoms with Crippen molar-refractivity contribution in [3.63, 3.8) is 0 Å². The Morgan fingerprint density at radius 1 is 1.20 bits per heavy atom. The van der Waals surface area contributed by atoms with Crippen molar-refractivity contribution >= 4 is 11.6 Å². The van der Waals surface area contributed by atoms with E-state index in [1.54, 1.807) is 32.4 Å². The molecule has 2 rings (SSSR count). The lowest BCUT2D eigenvalue weighted by Gasteiger charge is -2.27. The van der Waals surface area contributed by atoms with Gasteiger partial charge in [0.2, 0.25) is 5.91 Å². The van der Waals surface area contributed by atoms with Crippen molar-refractivity contribution in [2.75, 3.05) is 19.5 Å². The molecule has 1 aliphatic rings. The first kappa shape index (κ1) is 14.7. The first-order valence-corrected chi connectivity index (χ1v) is 6.94. The summed E-state index contributed by atoms with van der Waals surface area (Å²) in [6, 6.07) is 5.29. The third kappa shape index (κ3) is 3.22. The van der Waals surface area contributed by atoms with Crippen LogP contribution in [0.1, 0.15) is 25.7 Å². The summed E-state index contributed by atoms with van der Waals surface area (Å²) in [5.74, 6) is 1.12. The van der Waals surface area contributed by atoms with Gasteiger partial charge in [0, 0.05) is 17.8 Å². The van der Waals surface area contributed by atoms with Gasteiger partial charge in [0.05, 0.1) is 20.1 Å². The Morgan fingerprint density at radius 3 is 2.55 bits per heavy atom. The summed E-state index contributed by atoms with van der Waals surface area (Å²) in [7, 11) is 3.15. The highest BCUT2D eigenvalue weighted by molar-refractivity contribution is 5.93. The number of carbonyl (C=O) groups excluding carboxylic acids is 1. The van der Waals surface area contributed by atoms with Gasteiger partial charge in [0.15, 0.2) is 11.5 Å². The molecular formula is C15H22N2O3. The second kappa shape index (κ2) is 6.61. The standard InChI is InChI=1S/C15H22N2O3/c1-19-13-8-7-10(9-14(13)20-2)17-15(18)11-5-3-4-6-12(11)16/h7-9,11-12H,3-6,16H2,1-2H3,(H,17,18). The van der Waals surface area contributed by atoms with Crippen molar-refractivity contribution < 1.29 is 14.3 Å². The fourth-order valence-corrected chi connectivity index (χ4v) is 2.63. The van der Waals surface area contributed by atoms with E-state index >= 15 is 0 Å². The number of rotatable bonds is 4. The van der Waals surface area contributed by atoms with Gasteiger partial charge in [-0.15, -0.1) is 0 Å².